The van der Waals surface area contributed by atoms with E-state index in [1.165, 1.54) is 14.0 Å². The number of urea groups is 1. The molecule has 0 spiro atoms. The van der Waals surface area contributed by atoms with Crippen LogP contribution in [-0.2, 0) is 14.3 Å². The van der Waals surface area contributed by atoms with Crippen molar-refractivity contribution in [2.45, 2.75) is 13.0 Å². The van der Waals surface area contributed by atoms with Gasteiger partial charge in [0.15, 0.2) is 12.7 Å². The largest absolute Gasteiger partial charge is 0.479 e. The lowest BCUT2D eigenvalue weighted by Crippen LogP contribution is -2.40. The summed E-state index contributed by atoms with van der Waals surface area (Å²) >= 11 is 3.28. The van der Waals surface area contributed by atoms with E-state index in [4.69, 9.17) is 9.47 Å². The molecule has 0 aliphatic heterocycles. The second kappa shape index (κ2) is 8.25. The third-order valence-electron chi connectivity index (χ3n) is 2.28. The Hall–Kier alpha value is -2.09. The zero-order valence-electron chi connectivity index (χ0n) is 11.5. The van der Waals surface area contributed by atoms with Crippen molar-refractivity contribution in [3.8, 4) is 5.75 Å². The standard InChI is InChI=1S/C13H15BrN2O5/c1-8(21-10-5-3-9(14)4-6-10)12(18)20-7-11(17)16-13(19)15-2/h3-6,8H,7H2,1-2H3,(H2,15,16,17,19)/t8-/m0/s1. The Morgan fingerprint density at radius 2 is 1.86 bits per heavy atom. The molecule has 1 atom stereocenters. The Morgan fingerprint density at radius 3 is 2.43 bits per heavy atom. The third-order valence-corrected chi connectivity index (χ3v) is 2.81. The van der Waals surface area contributed by atoms with Crippen molar-refractivity contribution >= 4 is 33.8 Å². The highest BCUT2D eigenvalue weighted by molar-refractivity contribution is 9.10. The summed E-state index contributed by atoms with van der Waals surface area (Å²) in [6.45, 7) is 0.946. The van der Waals surface area contributed by atoms with Gasteiger partial charge in [0.25, 0.3) is 5.91 Å². The Bertz CT molecular complexity index is 518. The number of amides is 3. The average Bonchev–Trinajstić information content (AvgIpc) is 2.46. The average molecular weight is 359 g/mol. The minimum absolute atomic E-state index is 0.498. The van der Waals surface area contributed by atoms with Gasteiger partial charge in [0.1, 0.15) is 5.75 Å². The van der Waals surface area contributed by atoms with Crippen LogP contribution >= 0.6 is 15.9 Å². The van der Waals surface area contributed by atoms with Crippen LogP contribution in [0.4, 0.5) is 4.79 Å². The molecule has 0 saturated carbocycles. The van der Waals surface area contributed by atoms with E-state index in [0.717, 1.165) is 4.47 Å². The number of benzene rings is 1. The second-order valence-electron chi connectivity index (χ2n) is 3.95. The maximum Gasteiger partial charge on any atom is 0.347 e. The quantitative estimate of drug-likeness (QED) is 0.771. The van der Waals surface area contributed by atoms with Crippen LogP contribution in [0.25, 0.3) is 0 Å². The van der Waals surface area contributed by atoms with E-state index in [2.05, 4.69) is 21.2 Å². The molecular formula is C13H15BrN2O5. The van der Waals surface area contributed by atoms with E-state index in [0.29, 0.717) is 5.75 Å². The zero-order chi connectivity index (χ0) is 15.8. The highest BCUT2D eigenvalue weighted by atomic mass is 79.9. The Morgan fingerprint density at radius 1 is 1.24 bits per heavy atom. The van der Waals surface area contributed by atoms with Gasteiger partial charge in [-0.3, -0.25) is 10.1 Å². The first-order chi connectivity index (χ1) is 9.92. The molecule has 21 heavy (non-hydrogen) atoms. The number of esters is 1. The zero-order valence-corrected chi connectivity index (χ0v) is 13.1. The van der Waals surface area contributed by atoms with Crippen LogP contribution in [0.3, 0.4) is 0 Å². The summed E-state index contributed by atoms with van der Waals surface area (Å²) in [5.41, 5.74) is 0. The molecule has 8 heteroatoms. The highest BCUT2D eigenvalue weighted by Gasteiger charge is 2.18. The molecule has 2 N–H and O–H groups in total. The summed E-state index contributed by atoms with van der Waals surface area (Å²) in [7, 11) is 1.36. The van der Waals surface area contributed by atoms with E-state index in [9.17, 15) is 14.4 Å². The van der Waals surface area contributed by atoms with E-state index >= 15 is 0 Å². The number of imide groups is 1. The van der Waals surface area contributed by atoms with Crippen molar-refractivity contribution in [3.05, 3.63) is 28.7 Å². The van der Waals surface area contributed by atoms with Gasteiger partial charge < -0.3 is 14.8 Å². The van der Waals surface area contributed by atoms with Crippen LogP contribution in [-0.4, -0.2) is 37.7 Å². The number of carbonyl (C=O) groups is 3. The fraction of sp³-hybridized carbons (Fsp3) is 0.308. The molecule has 3 amide bonds. The summed E-state index contributed by atoms with van der Waals surface area (Å²) in [6, 6.07) is 6.24. The van der Waals surface area contributed by atoms with Crippen molar-refractivity contribution in [1.29, 1.82) is 0 Å². The topological polar surface area (TPSA) is 93.7 Å². The van der Waals surface area contributed by atoms with Crippen LogP contribution in [0.2, 0.25) is 0 Å². The van der Waals surface area contributed by atoms with Crippen molar-refractivity contribution in [2.75, 3.05) is 13.7 Å². The van der Waals surface area contributed by atoms with E-state index in [1.54, 1.807) is 24.3 Å². The maximum absolute atomic E-state index is 11.6. The molecule has 0 aliphatic carbocycles. The van der Waals surface area contributed by atoms with Gasteiger partial charge in [-0.2, -0.15) is 0 Å². The maximum atomic E-state index is 11.6. The number of halogens is 1. The van der Waals surface area contributed by atoms with Gasteiger partial charge in [-0.1, -0.05) is 15.9 Å². The highest BCUT2D eigenvalue weighted by Crippen LogP contribution is 2.17. The fourth-order valence-corrected chi connectivity index (χ4v) is 1.51. The molecule has 7 nitrogen and oxygen atoms in total. The molecule has 114 valence electrons. The monoisotopic (exact) mass is 358 g/mol. The van der Waals surface area contributed by atoms with Crippen LogP contribution in [0.1, 0.15) is 6.92 Å². The second-order valence-corrected chi connectivity index (χ2v) is 4.86. The molecule has 0 unspecified atom stereocenters. The molecule has 0 aromatic heterocycles. The van der Waals surface area contributed by atoms with Crippen LogP contribution in [0.15, 0.2) is 28.7 Å². The number of rotatable bonds is 5. The number of hydrogen-bond acceptors (Lipinski definition) is 5. The van der Waals surface area contributed by atoms with Gasteiger partial charge in [0, 0.05) is 11.5 Å². The first-order valence-corrected chi connectivity index (χ1v) is 6.82. The Balaban J connectivity index is 2.39. The lowest BCUT2D eigenvalue weighted by molar-refractivity contribution is -0.154. The SMILES string of the molecule is CNC(=O)NC(=O)COC(=O)[C@H](C)Oc1ccc(Br)cc1. The predicted octanol–water partition coefficient (Wildman–Crippen LogP) is 1.22. The molecule has 0 radical (unpaired) electrons. The van der Waals surface area contributed by atoms with Crippen LogP contribution in [0.5, 0.6) is 5.75 Å². The minimum atomic E-state index is -0.876. The first-order valence-electron chi connectivity index (χ1n) is 6.02. The molecule has 0 saturated heterocycles. The van der Waals surface area contributed by atoms with Crippen LogP contribution < -0.4 is 15.4 Å². The predicted molar refractivity (Wildman–Crippen MR) is 77.8 cm³/mol. The van der Waals surface area contributed by atoms with Gasteiger partial charge in [-0.05, 0) is 31.2 Å². The molecular weight excluding hydrogens is 344 g/mol. The third kappa shape index (κ3) is 6.26. The minimum Gasteiger partial charge on any atom is -0.479 e. The molecule has 0 fully saturated rings. The van der Waals surface area contributed by atoms with Gasteiger partial charge in [0.05, 0.1) is 0 Å². The Kier molecular flexibility index (Phi) is 6.67. The van der Waals surface area contributed by atoms with E-state index in [-0.39, 0.29) is 0 Å². The Labute approximate surface area is 130 Å². The first kappa shape index (κ1) is 17.0. The molecule has 1 rings (SSSR count). The van der Waals surface area contributed by atoms with E-state index in [1.807, 2.05) is 5.32 Å². The fourth-order valence-electron chi connectivity index (χ4n) is 1.24. The summed E-state index contributed by atoms with van der Waals surface area (Å²) in [6.07, 6.45) is -0.876. The van der Waals surface area contributed by atoms with Crippen molar-refractivity contribution in [3.63, 3.8) is 0 Å². The lowest BCUT2D eigenvalue weighted by atomic mass is 10.3. The summed E-state index contributed by atoms with van der Waals surface area (Å²) in [5, 5.41) is 4.17. The normalized spacial score (nSPS) is 11.2. The van der Waals surface area contributed by atoms with Crippen LogP contribution in [0, 0.1) is 0 Å². The molecule has 0 aliphatic rings. The number of carbonyl (C=O) groups excluding carboxylic acids is 3. The van der Waals surface area contributed by atoms with Gasteiger partial charge in [0.2, 0.25) is 0 Å². The van der Waals surface area contributed by atoms with Gasteiger partial charge >= 0.3 is 12.0 Å². The summed E-state index contributed by atoms with van der Waals surface area (Å²) in [5.74, 6) is -0.930. The van der Waals surface area contributed by atoms with Crippen molar-refractivity contribution in [2.24, 2.45) is 0 Å². The molecule has 0 heterocycles. The smallest absolute Gasteiger partial charge is 0.347 e. The number of hydrogen-bond donors (Lipinski definition) is 2. The summed E-state index contributed by atoms with van der Waals surface area (Å²) < 4.78 is 11.0. The number of ether oxygens (including phenoxy) is 2. The lowest BCUT2D eigenvalue weighted by Gasteiger charge is -2.13. The van der Waals surface area contributed by atoms with Crippen molar-refractivity contribution in [1.82, 2.24) is 10.6 Å². The van der Waals surface area contributed by atoms with Crippen molar-refractivity contribution < 1.29 is 23.9 Å². The van der Waals surface area contributed by atoms with Gasteiger partial charge in [-0.25, -0.2) is 9.59 Å². The van der Waals surface area contributed by atoms with Gasteiger partial charge in [-0.15, -0.1) is 0 Å². The molecule has 0 bridgehead atoms. The molecule has 1 aromatic carbocycles. The number of nitrogens with one attached hydrogen (secondary N) is 2. The van der Waals surface area contributed by atoms with E-state index < -0.39 is 30.6 Å². The summed E-state index contributed by atoms with van der Waals surface area (Å²) in [4.78, 5) is 33.7. The molecule has 1 aromatic rings.